The number of hydrogen-bond donors (Lipinski definition) is 1. The minimum Gasteiger partial charge on any atom is -0.481 e. The van der Waals surface area contributed by atoms with Gasteiger partial charge >= 0.3 is 5.97 Å². The SMILES string of the molecule is COC(=O)C12CCC(CC1)N(Cc1ccc(-c3cccc(-c4cccc(NC(=O)c5ccnn(C)c5=O)c4Cl)c3Cl)nc1OC)C2. The molecule has 1 saturated carbocycles. The summed E-state index contributed by atoms with van der Waals surface area (Å²) in [4.78, 5) is 45.1. The van der Waals surface area contributed by atoms with Crippen molar-refractivity contribution in [3.8, 4) is 28.3 Å². The first kappa shape index (κ1) is 31.7. The Morgan fingerprint density at radius 2 is 1.67 bits per heavy atom. The molecule has 10 nitrogen and oxygen atoms in total. The number of anilines is 1. The van der Waals surface area contributed by atoms with E-state index in [1.807, 2.05) is 30.3 Å². The Balaban J connectivity index is 1.27. The number of carbonyl (C=O) groups is 2. The Bertz CT molecular complexity index is 1890. The van der Waals surface area contributed by atoms with Crippen molar-refractivity contribution in [2.24, 2.45) is 12.5 Å². The van der Waals surface area contributed by atoms with Crippen LogP contribution in [-0.2, 0) is 23.1 Å². The number of piperidine rings is 2. The molecule has 0 atom stereocenters. The van der Waals surface area contributed by atoms with Gasteiger partial charge in [0.25, 0.3) is 11.5 Å². The molecular weight excluding hydrogens is 629 g/mol. The number of esters is 1. The number of nitrogens with one attached hydrogen (secondary N) is 1. The lowest BCUT2D eigenvalue weighted by Crippen LogP contribution is -2.56. The smallest absolute Gasteiger partial charge is 0.313 e. The van der Waals surface area contributed by atoms with Crippen molar-refractivity contribution < 1.29 is 19.1 Å². The summed E-state index contributed by atoms with van der Waals surface area (Å²) in [5.74, 6) is -0.244. The van der Waals surface area contributed by atoms with Crippen molar-refractivity contribution in [1.29, 1.82) is 0 Å². The molecule has 2 aliphatic heterocycles. The van der Waals surface area contributed by atoms with Gasteiger partial charge in [0.2, 0.25) is 5.88 Å². The van der Waals surface area contributed by atoms with Crippen LogP contribution >= 0.6 is 23.2 Å². The van der Waals surface area contributed by atoms with Gasteiger partial charge in [-0.2, -0.15) is 5.10 Å². The topological polar surface area (TPSA) is 116 Å². The lowest BCUT2D eigenvalue weighted by molar-refractivity contribution is -0.163. The van der Waals surface area contributed by atoms with E-state index in [-0.39, 0.29) is 16.6 Å². The maximum absolute atomic E-state index is 12.9. The Hall–Kier alpha value is -4.25. The van der Waals surface area contributed by atoms with Crippen LogP contribution < -0.4 is 15.6 Å². The summed E-state index contributed by atoms with van der Waals surface area (Å²) >= 11 is 13.8. The van der Waals surface area contributed by atoms with E-state index in [0.29, 0.717) is 58.1 Å². The van der Waals surface area contributed by atoms with E-state index in [4.69, 9.17) is 37.7 Å². The quantitative estimate of drug-likeness (QED) is 0.229. The molecule has 0 radical (unpaired) electrons. The van der Waals surface area contributed by atoms with E-state index in [2.05, 4.69) is 15.3 Å². The first-order chi connectivity index (χ1) is 22.2. The minimum atomic E-state index is -0.601. The number of benzene rings is 2. The number of aryl methyl sites for hydroxylation is 1. The number of amides is 1. The number of ether oxygens (including phenoxy) is 2. The summed E-state index contributed by atoms with van der Waals surface area (Å²) in [5, 5.41) is 7.28. The highest BCUT2D eigenvalue weighted by Gasteiger charge is 2.50. The molecule has 7 rings (SSSR count). The van der Waals surface area contributed by atoms with Crippen molar-refractivity contribution in [1.82, 2.24) is 19.7 Å². The molecule has 2 aromatic heterocycles. The maximum atomic E-state index is 12.9. The summed E-state index contributed by atoms with van der Waals surface area (Å²) in [5.41, 5.74) is 2.75. The fourth-order valence-electron chi connectivity index (χ4n) is 6.64. The van der Waals surface area contributed by atoms with Gasteiger partial charge in [0.1, 0.15) is 5.56 Å². The van der Waals surface area contributed by atoms with Crippen LogP contribution in [0.15, 0.2) is 65.6 Å². The fraction of sp³-hybridized carbons (Fsp3) is 0.324. The molecule has 4 heterocycles. The molecule has 2 bridgehead atoms. The van der Waals surface area contributed by atoms with Gasteiger partial charge in [-0.05, 0) is 43.9 Å². The Morgan fingerprint density at radius 3 is 2.39 bits per heavy atom. The lowest BCUT2D eigenvalue weighted by atomic mass is 9.67. The van der Waals surface area contributed by atoms with E-state index >= 15 is 0 Å². The third-order valence-corrected chi connectivity index (χ3v) is 9.93. The number of pyridine rings is 1. The van der Waals surface area contributed by atoms with Crippen LogP contribution in [0.25, 0.3) is 22.4 Å². The Morgan fingerprint density at radius 1 is 0.978 bits per heavy atom. The second kappa shape index (κ2) is 12.9. The molecule has 0 unspecified atom stereocenters. The number of methoxy groups -OCH3 is 2. The molecule has 12 heteroatoms. The molecule has 4 aromatic rings. The number of nitrogens with zero attached hydrogens (tertiary/aromatic N) is 4. The molecule has 46 heavy (non-hydrogen) atoms. The number of fused-ring (bicyclic) bond motifs is 3. The highest BCUT2D eigenvalue weighted by molar-refractivity contribution is 6.39. The molecular formula is C34H33Cl2N5O5. The van der Waals surface area contributed by atoms with Crippen LogP contribution in [-0.4, -0.2) is 58.3 Å². The van der Waals surface area contributed by atoms with Crippen molar-refractivity contribution in [3.05, 3.63) is 92.3 Å². The third kappa shape index (κ3) is 5.77. The van der Waals surface area contributed by atoms with Gasteiger partial charge in [0, 0.05) is 54.6 Å². The second-order valence-corrected chi connectivity index (χ2v) is 12.5. The van der Waals surface area contributed by atoms with Crippen molar-refractivity contribution in [3.63, 3.8) is 0 Å². The predicted octanol–water partition coefficient (Wildman–Crippen LogP) is 5.99. The molecule has 3 aliphatic rings. The molecule has 238 valence electrons. The second-order valence-electron chi connectivity index (χ2n) is 11.7. The van der Waals surface area contributed by atoms with Crippen molar-refractivity contribution >= 4 is 40.8 Å². The first-order valence-electron chi connectivity index (χ1n) is 14.9. The van der Waals surface area contributed by atoms with Gasteiger partial charge in [0.05, 0.1) is 41.1 Å². The standard InChI is InChI=1S/C34H33Cl2N5O5/c1-40-32(43)25(14-17-37-40)30(42)38-27-9-5-7-23(29(27)36)22-6-4-8-24(28(22)35)26-11-10-20(31(39-26)45-2)18-41-19-34(33(44)46-3)15-12-21(41)13-16-34/h4-11,14,17,21H,12-13,15-16,18-19H2,1-3H3,(H,38,42). The molecule has 1 aliphatic carbocycles. The Kier molecular flexibility index (Phi) is 8.87. The van der Waals surface area contributed by atoms with Gasteiger partial charge in [-0.1, -0.05) is 59.6 Å². The minimum absolute atomic E-state index is 0.0572. The van der Waals surface area contributed by atoms with Crippen LogP contribution in [0.4, 0.5) is 5.69 Å². The number of aromatic nitrogens is 3. The number of hydrogen-bond acceptors (Lipinski definition) is 8. The molecule has 0 spiro atoms. The van der Waals surface area contributed by atoms with E-state index in [9.17, 15) is 14.4 Å². The largest absolute Gasteiger partial charge is 0.481 e. The van der Waals surface area contributed by atoms with Crippen molar-refractivity contribution in [2.45, 2.75) is 38.3 Å². The van der Waals surface area contributed by atoms with Crippen LogP contribution in [0.2, 0.25) is 10.0 Å². The van der Waals surface area contributed by atoms with Crippen LogP contribution in [0.3, 0.4) is 0 Å². The zero-order chi connectivity index (χ0) is 32.6. The van der Waals surface area contributed by atoms with Gasteiger partial charge in [-0.15, -0.1) is 0 Å². The Labute approximate surface area is 276 Å². The van der Waals surface area contributed by atoms with Crippen LogP contribution in [0.1, 0.15) is 41.6 Å². The summed E-state index contributed by atoms with van der Waals surface area (Å²) in [6, 6.07) is 16.4. The average Bonchev–Trinajstić information content (AvgIpc) is 3.07. The van der Waals surface area contributed by atoms with E-state index in [1.54, 1.807) is 25.3 Å². The number of rotatable bonds is 8. The third-order valence-electron chi connectivity index (χ3n) is 9.12. The summed E-state index contributed by atoms with van der Waals surface area (Å²) < 4.78 is 12.0. The monoisotopic (exact) mass is 661 g/mol. The highest BCUT2D eigenvalue weighted by atomic mass is 35.5. The molecule has 2 aromatic carbocycles. The summed E-state index contributed by atoms with van der Waals surface area (Å²) in [7, 11) is 4.53. The van der Waals surface area contributed by atoms with Gasteiger partial charge in [0.15, 0.2) is 0 Å². The molecule has 2 saturated heterocycles. The predicted molar refractivity (Wildman–Crippen MR) is 176 cm³/mol. The van der Waals surface area contributed by atoms with Gasteiger partial charge in [-0.3, -0.25) is 19.3 Å². The van der Waals surface area contributed by atoms with Crippen molar-refractivity contribution in [2.75, 3.05) is 26.1 Å². The fourth-order valence-corrected chi connectivity index (χ4v) is 7.24. The van der Waals surface area contributed by atoms with Crippen LogP contribution in [0.5, 0.6) is 5.88 Å². The first-order valence-corrected chi connectivity index (χ1v) is 15.7. The summed E-state index contributed by atoms with van der Waals surface area (Å²) in [6.45, 7) is 1.26. The maximum Gasteiger partial charge on any atom is 0.313 e. The highest BCUT2D eigenvalue weighted by Crippen LogP contribution is 2.46. The molecule has 3 fully saturated rings. The lowest BCUT2D eigenvalue weighted by Gasteiger charge is -2.51. The summed E-state index contributed by atoms with van der Waals surface area (Å²) in [6.07, 6.45) is 5.01. The molecule has 1 amide bonds. The number of carbonyl (C=O) groups excluding carboxylic acids is 2. The zero-order valence-electron chi connectivity index (χ0n) is 25.7. The van der Waals surface area contributed by atoms with E-state index < -0.39 is 16.9 Å². The number of halogens is 2. The average molecular weight is 663 g/mol. The van der Waals surface area contributed by atoms with E-state index in [1.165, 1.54) is 26.4 Å². The molecule has 1 N–H and O–H groups in total. The van der Waals surface area contributed by atoms with Crippen LogP contribution in [0, 0.1) is 5.41 Å². The zero-order valence-corrected chi connectivity index (χ0v) is 27.2. The van der Waals surface area contributed by atoms with Gasteiger partial charge in [-0.25, -0.2) is 9.67 Å². The van der Waals surface area contributed by atoms with E-state index in [0.717, 1.165) is 35.9 Å². The van der Waals surface area contributed by atoms with Gasteiger partial charge < -0.3 is 14.8 Å². The normalized spacial score (nSPS) is 19.1.